The first-order valence-corrected chi connectivity index (χ1v) is 7.65. The summed E-state index contributed by atoms with van der Waals surface area (Å²) in [6.45, 7) is 7.24. The highest BCUT2D eigenvalue weighted by molar-refractivity contribution is 5.24. The van der Waals surface area contributed by atoms with E-state index in [0.717, 1.165) is 19.6 Å². The fourth-order valence-electron chi connectivity index (χ4n) is 2.58. The van der Waals surface area contributed by atoms with Crippen molar-refractivity contribution in [1.82, 2.24) is 5.32 Å². The smallest absolute Gasteiger partial charge is 0.0716 e. The van der Waals surface area contributed by atoms with Crippen LogP contribution in [0.15, 0.2) is 24.3 Å². The van der Waals surface area contributed by atoms with Crippen molar-refractivity contribution in [2.24, 2.45) is 0 Å². The lowest BCUT2D eigenvalue weighted by Crippen LogP contribution is -2.34. The largest absolute Gasteiger partial charge is 0.377 e. The van der Waals surface area contributed by atoms with Crippen LogP contribution < -0.4 is 5.32 Å². The summed E-state index contributed by atoms with van der Waals surface area (Å²) in [6.07, 6.45) is 5.16. The van der Waals surface area contributed by atoms with E-state index in [2.05, 4.69) is 43.4 Å². The average molecular weight is 261 g/mol. The summed E-state index contributed by atoms with van der Waals surface area (Å²) in [5, 5.41) is 3.56. The van der Waals surface area contributed by atoms with Crippen molar-refractivity contribution in [3.8, 4) is 0 Å². The third kappa shape index (κ3) is 4.96. The normalized spacial score (nSPS) is 19.8. The topological polar surface area (TPSA) is 21.3 Å². The fourth-order valence-corrected chi connectivity index (χ4v) is 2.58. The summed E-state index contributed by atoms with van der Waals surface area (Å²) in [6, 6.07) is 9.48. The first-order chi connectivity index (χ1) is 9.25. The van der Waals surface area contributed by atoms with Gasteiger partial charge in [-0.15, -0.1) is 0 Å². The molecule has 2 heteroatoms. The molecule has 0 radical (unpaired) electrons. The summed E-state index contributed by atoms with van der Waals surface area (Å²) in [4.78, 5) is 0. The van der Waals surface area contributed by atoms with Gasteiger partial charge in [0.2, 0.25) is 0 Å². The van der Waals surface area contributed by atoms with Crippen LogP contribution in [-0.2, 0) is 11.3 Å². The van der Waals surface area contributed by atoms with E-state index in [1.165, 1.54) is 36.9 Å². The van der Waals surface area contributed by atoms with Crippen molar-refractivity contribution in [3.05, 3.63) is 35.4 Å². The summed E-state index contributed by atoms with van der Waals surface area (Å²) < 4.78 is 5.78. The molecular weight excluding hydrogens is 234 g/mol. The van der Waals surface area contributed by atoms with Gasteiger partial charge in [-0.05, 0) is 42.9 Å². The van der Waals surface area contributed by atoms with Gasteiger partial charge in [0.05, 0.1) is 6.61 Å². The highest BCUT2D eigenvalue weighted by Crippen LogP contribution is 2.15. The van der Waals surface area contributed by atoms with Gasteiger partial charge < -0.3 is 10.1 Å². The van der Waals surface area contributed by atoms with Gasteiger partial charge in [0.25, 0.3) is 0 Å². The van der Waals surface area contributed by atoms with E-state index < -0.39 is 0 Å². The van der Waals surface area contributed by atoms with E-state index in [-0.39, 0.29) is 0 Å². The standard InChI is InChI=1S/C17H27NO/c1-14(2)16-8-6-15(7-9-16)13-19-12-10-17-5-3-4-11-18-17/h6-9,14,17-18H,3-5,10-13H2,1-2H3/t17-/m0/s1. The molecule has 0 spiro atoms. The first-order valence-electron chi connectivity index (χ1n) is 7.65. The maximum absolute atomic E-state index is 5.78. The zero-order chi connectivity index (χ0) is 13.5. The minimum atomic E-state index is 0.604. The van der Waals surface area contributed by atoms with Crippen LogP contribution in [0, 0.1) is 0 Å². The highest BCUT2D eigenvalue weighted by atomic mass is 16.5. The van der Waals surface area contributed by atoms with E-state index in [1.54, 1.807) is 0 Å². The molecule has 0 aliphatic carbocycles. The molecule has 1 atom stereocenters. The van der Waals surface area contributed by atoms with Crippen LogP contribution in [0.5, 0.6) is 0 Å². The SMILES string of the molecule is CC(C)c1ccc(COCC[C@@H]2CCCCN2)cc1. The zero-order valence-corrected chi connectivity index (χ0v) is 12.3. The Morgan fingerprint density at radius 2 is 2.00 bits per heavy atom. The Balaban J connectivity index is 1.64. The second kappa shape index (κ2) is 7.66. The zero-order valence-electron chi connectivity index (χ0n) is 12.3. The molecule has 0 bridgehead atoms. The maximum atomic E-state index is 5.78. The van der Waals surface area contributed by atoms with Crippen molar-refractivity contribution in [3.63, 3.8) is 0 Å². The Bertz CT molecular complexity index is 352. The van der Waals surface area contributed by atoms with Crippen LogP contribution in [0.25, 0.3) is 0 Å². The van der Waals surface area contributed by atoms with Gasteiger partial charge >= 0.3 is 0 Å². The molecule has 1 N–H and O–H groups in total. The molecule has 19 heavy (non-hydrogen) atoms. The van der Waals surface area contributed by atoms with E-state index >= 15 is 0 Å². The van der Waals surface area contributed by atoms with Gasteiger partial charge in [-0.25, -0.2) is 0 Å². The maximum Gasteiger partial charge on any atom is 0.0716 e. The molecule has 1 saturated heterocycles. The summed E-state index contributed by atoms with van der Waals surface area (Å²) in [5.74, 6) is 0.604. The monoisotopic (exact) mass is 261 g/mol. The third-order valence-electron chi connectivity index (χ3n) is 3.94. The summed E-state index contributed by atoms with van der Waals surface area (Å²) in [5.41, 5.74) is 2.68. The van der Waals surface area contributed by atoms with Gasteiger partial charge in [0.1, 0.15) is 0 Å². The van der Waals surface area contributed by atoms with Gasteiger partial charge in [0, 0.05) is 12.6 Å². The predicted molar refractivity (Wildman–Crippen MR) is 80.4 cm³/mol. The minimum absolute atomic E-state index is 0.604. The average Bonchev–Trinajstić information content (AvgIpc) is 2.45. The van der Waals surface area contributed by atoms with Crippen molar-refractivity contribution >= 4 is 0 Å². The van der Waals surface area contributed by atoms with Crippen LogP contribution >= 0.6 is 0 Å². The molecule has 0 aromatic heterocycles. The van der Waals surface area contributed by atoms with Crippen LogP contribution in [-0.4, -0.2) is 19.2 Å². The van der Waals surface area contributed by atoms with E-state index in [9.17, 15) is 0 Å². The molecule has 1 heterocycles. The minimum Gasteiger partial charge on any atom is -0.377 e. The predicted octanol–water partition coefficient (Wildman–Crippen LogP) is 3.86. The molecule has 1 fully saturated rings. The van der Waals surface area contributed by atoms with E-state index in [1.807, 2.05) is 0 Å². The van der Waals surface area contributed by atoms with E-state index in [4.69, 9.17) is 4.74 Å². The van der Waals surface area contributed by atoms with Crippen LogP contribution in [0.4, 0.5) is 0 Å². The molecule has 1 aliphatic heterocycles. The Labute approximate surface area is 117 Å². The third-order valence-corrected chi connectivity index (χ3v) is 3.94. The number of hydrogen-bond donors (Lipinski definition) is 1. The van der Waals surface area contributed by atoms with Crippen molar-refractivity contribution in [1.29, 1.82) is 0 Å². The molecule has 0 unspecified atom stereocenters. The van der Waals surface area contributed by atoms with Gasteiger partial charge in [-0.3, -0.25) is 0 Å². The first kappa shape index (κ1) is 14.5. The summed E-state index contributed by atoms with van der Waals surface area (Å²) >= 11 is 0. The van der Waals surface area contributed by atoms with Crippen molar-refractivity contribution in [2.75, 3.05) is 13.2 Å². The van der Waals surface area contributed by atoms with Crippen LogP contribution in [0.3, 0.4) is 0 Å². The lowest BCUT2D eigenvalue weighted by Gasteiger charge is -2.23. The molecule has 1 aromatic rings. The van der Waals surface area contributed by atoms with Crippen molar-refractivity contribution < 1.29 is 4.74 Å². The quantitative estimate of drug-likeness (QED) is 0.785. The Hall–Kier alpha value is -0.860. The Kier molecular flexibility index (Phi) is 5.87. The molecule has 106 valence electrons. The molecular formula is C17H27NO. The number of piperidine rings is 1. The molecule has 0 amide bonds. The lowest BCUT2D eigenvalue weighted by atomic mass is 10.0. The van der Waals surface area contributed by atoms with Gasteiger partial charge in [-0.1, -0.05) is 44.5 Å². The second-order valence-corrected chi connectivity index (χ2v) is 5.88. The molecule has 0 saturated carbocycles. The summed E-state index contributed by atoms with van der Waals surface area (Å²) in [7, 11) is 0. The highest BCUT2D eigenvalue weighted by Gasteiger charge is 2.11. The van der Waals surface area contributed by atoms with Crippen molar-refractivity contribution in [2.45, 2.75) is 58.1 Å². The number of hydrogen-bond acceptors (Lipinski definition) is 2. The lowest BCUT2D eigenvalue weighted by molar-refractivity contribution is 0.108. The number of nitrogens with one attached hydrogen (secondary N) is 1. The molecule has 1 aliphatic rings. The number of benzene rings is 1. The fraction of sp³-hybridized carbons (Fsp3) is 0.647. The Morgan fingerprint density at radius 3 is 2.63 bits per heavy atom. The second-order valence-electron chi connectivity index (χ2n) is 5.88. The van der Waals surface area contributed by atoms with Gasteiger partial charge in [-0.2, -0.15) is 0 Å². The molecule has 1 aromatic carbocycles. The molecule has 2 nitrogen and oxygen atoms in total. The number of ether oxygens (including phenoxy) is 1. The van der Waals surface area contributed by atoms with Gasteiger partial charge in [0.15, 0.2) is 0 Å². The van der Waals surface area contributed by atoms with E-state index in [0.29, 0.717) is 12.0 Å². The number of rotatable bonds is 6. The Morgan fingerprint density at radius 1 is 1.21 bits per heavy atom. The molecule has 2 rings (SSSR count). The van der Waals surface area contributed by atoms with Crippen LogP contribution in [0.1, 0.15) is 56.6 Å². The van der Waals surface area contributed by atoms with Crippen LogP contribution in [0.2, 0.25) is 0 Å².